The Labute approximate surface area is 66.7 Å². The molecular weight excluding hydrogens is 103 g/mol. The van der Waals surface area contributed by atoms with Gasteiger partial charge in [0.1, 0.15) is 0 Å². The summed E-state index contributed by atoms with van der Waals surface area (Å²) in [4.78, 5) is 0. The third-order valence-electron chi connectivity index (χ3n) is 0.236. The summed E-state index contributed by atoms with van der Waals surface area (Å²) in [6, 6.07) is 0. The number of hydrogen-bond donors (Lipinski definition) is 0. The van der Waals surface area contributed by atoms with Crippen LogP contribution >= 0.6 is 0 Å². The van der Waals surface area contributed by atoms with Gasteiger partial charge in [0.05, 0.1) is 0 Å². The van der Waals surface area contributed by atoms with Crippen LogP contribution in [0.15, 0.2) is 11.0 Å². The van der Waals surface area contributed by atoms with Crippen molar-refractivity contribution < 1.29 is 29.6 Å². The summed E-state index contributed by atoms with van der Waals surface area (Å²) in [6.45, 7) is 3.96. The van der Waals surface area contributed by atoms with Crippen molar-refractivity contribution >= 4 is 12.6 Å². The number of hydrogen-bond acceptors (Lipinski definition) is 1. The first-order chi connectivity index (χ1) is 2.27. The summed E-state index contributed by atoms with van der Waals surface area (Å²) in [5.74, 6) is 0. The Morgan fingerprint density at radius 2 is 1.67 bits per heavy atom. The van der Waals surface area contributed by atoms with E-state index in [1.165, 1.54) is 5.57 Å². The van der Waals surface area contributed by atoms with E-state index in [4.69, 9.17) is 0 Å². The second-order valence-electron chi connectivity index (χ2n) is 1.20. The van der Waals surface area contributed by atoms with Crippen molar-refractivity contribution in [1.82, 2.24) is 0 Å². The summed E-state index contributed by atoms with van der Waals surface area (Å²) < 4.78 is 0. The third-order valence-corrected chi connectivity index (χ3v) is 0.707. The molecule has 0 radical (unpaired) electrons. The first-order valence-corrected chi connectivity index (χ1v) is 2.00. The van der Waals surface area contributed by atoms with E-state index < -0.39 is 0 Å². The van der Waals surface area contributed by atoms with Crippen molar-refractivity contribution in [2.24, 2.45) is 0 Å². The summed E-state index contributed by atoms with van der Waals surface area (Å²) in [5.41, 5.74) is 1.19. The summed E-state index contributed by atoms with van der Waals surface area (Å²) in [7, 11) is 0. The van der Waals surface area contributed by atoms with Gasteiger partial charge >= 0.3 is 29.6 Å². The molecule has 0 saturated heterocycles. The molecule has 0 fully saturated rings. The Morgan fingerprint density at radius 3 is 1.67 bits per heavy atom. The zero-order valence-electron chi connectivity index (χ0n) is 4.49. The van der Waals surface area contributed by atoms with Crippen LogP contribution in [0.3, 0.4) is 0 Å². The largest absolute Gasteiger partial charge is 1.00 e. The molecule has 0 amide bonds. The molecule has 0 heterocycles. The smallest absolute Gasteiger partial charge is 0.787 e. The first kappa shape index (κ1) is 10.0. The summed E-state index contributed by atoms with van der Waals surface area (Å²) >= 11 is 4.51. The predicted molar refractivity (Wildman–Crippen MR) is 26.8 cm³/mol. The molecule has 0 nitrogen and oxygen atoms in total. The Balaban J connectivity index is 0. The zero-order valence-corrected chi connectivity index (χ0v) is 7.30. The van der Waals surface area contributed by atoms with Crippen LogP contribution in [-0.4, -0.2) is 0 Å². The molecule has 0 bridgehead atoms. The van der Waals surface area contributed by atoms with Crippen LogP contribution in [0.2, 0.25) is 0 Å². The van der Waals surface area contributed by atoms with Crippen molar-refractivity contribution in [3.8, 4) is 0 Å². The first-order valence-electron chi connectivity index (χ1n) is 1.52. The molecule has 0 spiro atoms. The van der Waals surface area contributed by atoms with Gasteiger partial charge in [0.25, 0.3) is 0 Å². The van der Waals surface area contributed by atoms with Gasteiger partial charge in [-0.25, -0.2) is 5.41 Å². The summed E-state index contributed by atoms with van der Waals surface area (Å²) in [6.07, 6.45) is 0. The van der Waals surface area contributed by atoms with E-state index in [1.54, 1.807) is 5.41 Å². The van der Waals surface area contributed by atoms with Gasteiger partial charge in [-0.1, -0.05) is 0 Å². The molecule has 0 aromatic heterocycles. The molecule has 0 aliphatic rings. The van der Waals surface area contributed by atoms with E-state index in [0.29, 0.717) is 0 Å². The van der Waals surface area contributed by atoms with Crippen LogP contribution in [0.25, 0.3) is 0 Å². The van der Waals surface area contributed by atoms with Gasteiger partial charge < -0.3 is 12.6 Å². The number of allylic oxidation sites excluding steroid dienone is 1. The Kier molecular flexibility index (Phi) is 9.98. The molecule has 0 aliphatic heterocycles. The molecule has 0 atom stereocenters. The average Bonchev–Trinajstić information content (AvgIpc) is 1.38. The third kappa shape index (κ3) is 8.88. The second kappa shape index (κ2) is 5.96. The van der Waals surface area contributed by atoms with Crippen LogP contribution in [0, 0.1) is 0 Å². The maximum atomic E-state index is 4.51. The van der Waals surface area contributed by atoms with Crippen molar-refractivity contribution in [3.63, 3.8) is 0 Å². The molecule has 0 aromatic carbocycles. The average molecular weight is 110 g/mol. The minimum Gasteiger partial charge on any atom is -0.787 e. The molecule has 0 aliphatic carbocycles. The predicted octanol–water partition coefficient (Wildman–Crippen LogP) is -1.54. The van der Waals surface area contributed by atoms with E-state index in [0.717, 1.165) is 0 Å². The van der Waals surface area contributed by atoms with Gasteiger partial charge in [-0.05, 0) is 13.8 Å². The Hall–Kier alpha value is 0.960. The molecule has 0 unspecified atom stereocenters. The van der Waals surface area contributed by atoms with E-state index in [2.05, 4.69) is 12.6 Å². The molecular formula is C4H7NaS. The van der Waals surface area contributed by atoms with Crippen LogP contribution in [0.4, 0.5) is 0 Å². The van der Waals surface area contributed by atoms with Gasteiger partial charge in [-0.2, -0.15) is 0 Å². The van der Waals surface area contributed by atoms with Crippen molar-refractivity contribution in [2.45, 2.75) is 13.8 Å². The van der Waals surface area contributed by atoms with Crippen molar-refractivity contribution in [2.75, 3.05) is 0 Å². The topological polar surface area (TPSA) is 0 Å². The van der Waals surface area contributed by atoms with Crippen LogP contribution in [-0.2, 0) is 12.6 Å². The van der Waals surface area contributed by atoms with Crippen molar-refractivity contribution in [3.05, 3.63) is 11.0 Å². The molecule has 30 valence electrons. The van der Waals surface area contributed by atoms with Crippen LogP contribution in [0.1, 0.15) is 13.8 Å². The normalized spacial score (nSPS) is 5.67. The molecule has 0 rings (SSSR count). The van der Waals surface area contributed by atoms with Gasteiger partial charge in [-0.3, -0.25) is 0 Å². The SMILES string of the molecule is CC(C)=C[S-].[Na+]. The van der Waals surface area contributed by atoms with Gasteiger partial charge in [0.15, 0.2) is 0 Å². The minimum absolute atomic E-state index is 0. The maximum absolute atomic E-state index is 4.51. The molecule has 2 heteroatoms. The van der Waals surface area contributed by atoms with E-state index in [1.807, 2.05) is 13.8 Å². The molecule has 6 heavy (non-hydrogen) atoms. The maximum Gasteiger partial charge on any atom is 1.00 e. The van der Waals surface area contributed by atoms with Gasteiger partial charge in [0.2, 0.25) is 0 Å². The fourth-order valence-electron chi connectivity index (χ4n) is 0. The number of rotatable bonds is 0. The fourth-order valence-corrected chi connectivity index (χ4v) is 0. The van der Waals surface area contributed by atoms with Crippen molar-refractivity contribution in [1.29, 1.82) is 0 Å². The van der Waals surface area contributed by atoms with Crippen LogP contribution < -0.4 is 29.6 Å². The van der Waals surface area contributed by atoms with E-state index in [-0.39, 0.29) is 29.6 Å². The molecule has 0 N–H and O–H groups in total. The van der Waals surface area contributed by atoms with Gasteiger partial charge in [-0.15, -0.1) is 5.57 Å². The summed E-state index contributed by atoms with van der Waals surface area (Å²) in [5, 5.41) is 1.67. The Morgan fingerprint density at radius 1 is 1.50 bits per heavy atom. The standard InChI is InChI=1S/C4H8S.Na/c1-4(2)3-5;/h3,5H,1-2H3;/q;+1/p-1. The van der Waals surface area contributed by atoms with E-state index in [9.17, 15) is 0 Å². The van der Waals surface area contributed by atoms with E-state index >= 15 is 0 Å². The van der Waals surface area contributed by atoms with Gasteiger partial charge in [0, 0.05) is 0 Å². The monoisotopic (exact) mass is 110 g/mol. The quantitative estimate of drug-likeness (QED) is 0.269. The zero-order chi connectivity index (χ0) is 4.28. The Bertz CT molecular complexity index is 45.5. The molecule has 0 aromatic rings. The molecule has 0 saturated carbocycles. The second-order valence-corrected chi connectivity index (χ2v) is 1.43. The van der Waals surface area contributed by atoms with Crippen LogP contribution in [0.5, 0.6) is 0 Å². The minimum atomic E-state index is 0. The fraction of sp³-hybridized carbons (Fsp3) is 0.500.